The number of benzene rings is 1. The van der Waals surface area contributed by atoms with E-state index in [4.69, 9.17) is 9.72 Å². The number of hydrogen-bond donors (Lipinski definition) is 1. The van der Waals surface area contributed by atoms with E-state index < -0.39 is 0 Å². The number of thiazole rings is 1. The van der Waals surface area contributed by atoms with Crippen molar-refractivity contribution in [3.8, 4) is 0 Å². The molecule has 4 aromatic rings. The second-order valence-electron chi connectivity index (χ2n) is 8.19. The molecule has 5 heterocycles. The fourth-order valence-electron chi connectivity index (χ4n) is 4.58. The molecule has 0 spiro atoms. The van der Waals surface area contributed by atoms with Crippen molar-refractivity contribution in [2.45, 2.75) is 12.8 Å². The highest BCUT2D eigenvalue weighted by molar-refractivity contribution is 7.24. The van der Waals surface area contributed by atoms with E-state index in [0.717, 1.165) is 55.1 Å². The topological polar surface area (TPSA) is 79.2 Å². The molecule has 3 aromatic heterocycles. The van der Waals surface area contributed by atoms with Crippen LogP contribution < -0.4 is 15.8 Å². The Bertz CT molecular complexity index is 1400. The number of aromatic nitrogens is 2. The summed E-state index contributed by atoms with van der Waals surface area (Å²) in [7, 11) is 0. The minimum Gasteiger partial charge on any atom is -0.378 e. The van der Waals surface area contributed by atoms with E-state index >= 15 is 0 Å². The van der Waals surface area contributed by atoms with Crippen LogP contribution in [-0.4, -0.2) is 59.7 Å². The van der Waals surface area contributed by atoms with Crippen molar-refractivity contribution in [2.75, 3.05) is 44.3 Å². The lowest BCUT2D eigenvalue weighted by Gasteiger charge is -2.28. The molecule has 8 nitrogen and oxygen atoms in total. The van der Waals surface area contributed by atoms with Crippen LogP contribution in [0.1, 0.15) is 23.2 Å². The van der Waals surface area contributed by atoms with Crippen molar-refractivity contribution in [3.63, 3.8) is 0 Å². The Hall–Kier alpha value is -3.01. The maximum absolute atomic E-state index is 13.6. The Labute approximate surface area is 188 Å². The Morgan fingerprint density at radius 1 is 1.03 bits per heavy atom. The van der Waals surface area contributed by atoms with Crippen LogP contribution in [-0.2, 0) is 4.74 Å². The van der Waals surface area contributed by atoms with Crippen LogP contribution in [0.3, 0.4) is 0 Å². The number of hydrogen-bond acceptors (Lipinski definition) is 7. The van der Waals surface area contributed by atoms with Crippen LogP contribution in [0.25, 0.3) is 26.1 Å². The Morgan fingerprint density at radius 3 is 2.62 bits per heavy atom. The average molecular weight is 450 g/mol. The SMILES string of the molecule is O=C(NN1CCCC1)c1c(=O)c2ccc(N3CCOCC3)nc2n2c1sc1ccccc12. The molecule has 32 heavy (non-hydrogen) atoms. The molecule has 9 heteroatoms. The molecule has 0 atom stereocenters. The first-order valence-corrected chi connectivity index (χ1v) is 11.8. The van der Waals surface area contributed by atoms with Crippen molar-refractivity contribution < 1.29 is 9.53 Å². The van der Waals surface area contributed by atoms with Gasteiger partial charge in [-0.25, -0.2) is 9.99 Å². The molecule has 0 saturated carbocycles. The van der Waals surface area contributed by atoms with Crippen molar-refractivity contribution >= 4 is 49.1 Å². The number of hydrazine groups is 1. The van der Waals surface area contributed by atoms with Gasteiger partial charge in [0.15, 0.2) is 5.65 Å². The maximum Gasteiger partial charge on any atom is 0.272 e. The third-order valence-electron chi connectivity index (χ3n) is 6.20. The molecule has 0 aliphatic carbocycles. The van der Waals surface area contributed by atoms with Crippen molar-refractivity contribution in [1.29, 1.82) is 0 Å². The van der Waals surface area contributed by atoms with E-state index in [1.165, 1.54) is 11.3 Å². The summed E-state index contributed by atoms with van der Waals surface area (Å²) in [6.07, 6.45) is 2.09. The second-order valence-corrected chi connectivity index (χ2v) is 9.22. The van der Waals surface area contributed by atoms with E-state index in [1.807, 2.05) is 39.7 Å². The molecule has 1 amide bonds. The summed E-state index contributed by atoms with van der Waals surface area (Å²) in [4.78, 5) is 34.5. The number of carbonyl (C=O) groups excluding carboxylic acids is 1. The fraction of sp³-hybridized carbons (Fsp3) is 0.348. The Kier molecular flexibility index (Phi) is 4.82. The molecule has 164 valence electrons. The number of anilines is 1. The number of carbonyl (C=O) groups is 1. The van der Waals surface area contributed by atoms with Gasteiger partial charge in [0.2, 0.25) is 5.43 Å². The number of amides is 1. The zero-order valence-corrected chi connectivity index (χ0v) is 18.4. The summed E-state index contributed by atoms with van der Waals surface area (Å²) in [5.74, 6) is 0.471. The van der Waals surface area contributed by atoms with E-state index in [0.29, 0.717) is 29.1 Å². The summed E-state index contributed by atoms with van der Waals surface area (Å²) in [6, 6.07) is 11.6. The van der Waals surface area contributed by atoms with Gasteiger partial charge in [-0.15, -0.1) is 11.3 Å². The monoisotopic (exact) mass is 449 g/mol. The van der Waals surface area contributed by atoms with Crippen molar-refractivity contribution in [3.05, 3.63) is 52.2 Å². The first kappa shape index (κ1) is 19.7. The Balaban J connectivity index is 1.60. The van der Waals surface area contributed by atoms with E-state index in [2.05, 4.69) is 10.3 Å². The largest absolute Gasteiger partial charge is 0.378 e. The van der Waals surface area contributed by atoms with Gasteiger partial charge in [0.05, 0.1) is 28.8 Å². The summed E-state index contributed by atoms with van der Waals surface area (Å²) >= 11 is 1.45. The van der Waals surface area contributed by atoms with Gasteiger partial charge < -0.3 is 9.64 Å². The molecule has 0 unspecified atom stereocenters. The average Bonchev–Trinajstić information content (AvgIpc) is 3.47. The predicted octanol–water partition coefficient (Wildman–Crippen LogP) is 2.64. The molecule has 2 aliphatic heterocycles. The summed E-state index contributed by atoms with van der Waals surface area (Å²) in [6.45, 7) is 4.45. The smallest absolute Gasteiger partial charge is 0.272 e. The molecule has 0 radical (unpaired) electrons. The molecule has 2 fully saturated rings. The van der Waals surface area contributed by atoms with Gasteiger partial charge in [-0.3, -0.25) is 19.4 Å². The minimum atomic E-state index is -0.347. The number of pyridine rings is 2. The number of nitrogens with zero attached hydrogens (tertiary/aromatic N) is 4. The molecular formula is C23H23N5O3S. The minimum absolute atomic E-state index is 0.187. The highest BCUT2D eigenvalue weighted by Gasteiger charge is 2.25. The number of para-hydroxylation sites is 1. The van der Waals surface area contributed by atoms with Gasteiger partial charge in [0.25, 0.3) is 5.91 Å². The lowest BCUT2D eigenvalue weighted by molar-refractivity contribution is 0.0826. The van der Waals surface area contributed by atoms with Crippen LogP contribution in [0.5, 0.6) is 0 Å². The van der Waals surface area contributed by atoms with E-state index in [9.17, 15) is 9.59 Å². The van der Waals surface area contributed by atoms with Crippen LogP contribution >= 0.6 is 11.3 Å². The standard InChI is InChI=1S/C23H23N5O3S/c29-20-15-7-8-18(26-11-13-31-14-12-26)24-21(15)28-16-5-1-2-6-17(16)32-23(28)19(20)22(30)25-27-9-3-4-10-27/h1-2,5-8H,3-4,9-14H2,(H,25,30). The summed E-state index contributed by atoms with van der Waals surface area (Å²) < 4.78 is 8.45. The van der Waals surface area contributed by atoms with Crippen LogP contribution in [0.15, 0.2) is 41.2 Å². The highest BCUT2D eigenvalue weighted by atomic mass is 32.1. The van der Waals surface area contributed by atoms with Crippen molar-refractivity contribution in [2.24, 2.45) is 0 Å². The Morgan fingerprint density at radius 2 is 1.81 bits per heavy atom. The molecule has 1 N–H and O–H groups in total. The molecule has 0 bridgehead atoms. The molecular weight excluding hydrogens is 426 g/mol. The van der Waals surface area contributed by atoms with Gasteiger partial charge in [0.1, 0.15) is 16.2 Å². The normalized spacial score (nSPS) is 17.6. The third kappa shape index (κ3) is 3.16. The first-order valence-electron chi connectivity index (χ1n) is 11.0. The number of ether oxygens (including phenoxy) is 1. The summed E-state index contributed by atoms with van der Waals surface area (Å²) in [5.41, 5.74) is 4.39. The zero-order valence-electron chi connectivity index (χ0n) is 17.5. The quantitative estimate of drug-likeness (QED) is 0.518. The molecule has 2 saturated heterocycles. The first-order chi connectivity index (χ1) is 15.7. The van der Waals surface area contributed by atoms with E-state index in [1.54, 1.807) is 6.07 Å². The van der Waals surface area contributed by atoms with Gasteiger partial charge in [-0.05, 0) is 37.1 Å². The van der Waals surface area contributed by atoms with Gasteiger partial charge in [-0.1, -0.05) is 12.1 Å². The fourth-order valence-corrected chi connectivity index (χ4v) is 5.76. The molecule has 6 rings (SSSR count). The number of nitrogens with one attached hydrogen (secondary N) is 1. The van der Waals surface area contributed by atoms with Gasteiger partial charge in [0, 0.05) is 26.2 Å². The van der Waals surface area contributed by atoms with Crippen molar-refractivity contribution in [1.82, 2.24) is 19.8 Å². The van der Waals surface area contributed by atoms with Gasteiger partial charge in [-0.2, -0.15) is 0 Å². The third-order valence-corrected chi connectivity index (χ3v) is 7.35. The summed E-state index contributed by atoms with van der Waals surface area (Å²) in [5, 5.41) is 2.35. The predicted molar refractivity (Wildman–Crippen MR) is 126 cm³/mol. The van der Waals surface area contributed by atoms with Crippen LogP contribution in [0.2, 0.25) is 0 Å². The van der Waals surface area contributed by atoms with Crippen LogP contribution in [0.4, 0.5) is 5.82 Å². The lowest BCUT2D eigenvalue weighted by Crippen LogP contribution is -2.42. The zero-order chi connectivity index (χ0) is 21.7. The van der Waals surface area contributed by atoms with Crippen LogP contribution in [0, 0.1) is 0 Å². The molecule has 1 aromatic carbocycles. The number of rotatable bonds is 3. The molecule has 2 aliphatic rings. The number of morpholine rings is 1. The van der Waals surface area contributed by atoms with Gasteiger partial charge >= 0.3 is 0 Å². The highest BCUT2D eigenvalue weighted by Crippen LogP contribution is 2.31. The second kappa shape index (κ2) is 7.84. The maximum atomic E-state index is 13.6. The lowest BCUT2D eigenvalue weighted by atomic mass is 10.1. The van der Waals surface area contributed by atoms with E-state index in [-0.39, 0.29) is 16.9 Å². The number of fused-ring (bicyclic) bond motifs is 5.